The first-order valence-electron chi connectivity index (χ1n) is 8.25. The second-order valence-corrected chi connectivity index (χ2v) is 7.64. The van der Waals surface area contributed by atoms with E-state index in [0.717, 1.165) is 19.0 Å². The normalized spacial score (nSPS) is 23.4. The molecular weight excluding hydrogens is 258 g/mol. The summed E-state index contributed by atoms with van der Waals surface area (Å²) >= 11 is 0. The lowest BCUT2D eigenvalue weighted by molar-refractivity contribution is 0.361. The van der Waals surface area contributed by atoms with Gasteiger partial charge in [0.25, 0.3) is 0 Å². The molecule has 1 aromatic rings. The topological polar surface area (TPSA) is 28.2 Å². The highest BCUT2D eigenvalue weighted by Crippen LogP contribution is 2.29. The van der Waals surface area contributed by atoms with Gasteiger partial charge in [-0.15, -0.1) is 0 Å². The predicted molar refractivity (Wildman–Crippen MR) is 90.8 cm³/mol. The third-order valence-corrected chi connectivity index (χ3v) is 4.58. The maximum absolute atomic E-state index is 4.77. The van der Waals surface area contributed by atoms with Gasteiger partial charge in [0.2, 0.25) is 0 Å². The monoisotopic (exact) mass is 289 g/mol. The van der Waals surface area contributed by atoms with Gasteiger partial charge in [0, 0.05) is 30.9 Å². The second kappa shape index (κ2) is 6.35. The molecule has 1 fully saturated rings. The fourth-order valence-corrected chi connectivity index (χ4v) is 3.02. The Morgan fingerprint density at radius 2 is 2.05 bits per heavy atom. The number of piperidine rings is 1. The van der Waals surface area contributed by atoms with Crippen LogP contribution in [0.1, 0.15) is 58.6 Å². The van der Waals surface area contributed by atoms with E-state index >= 15 is 0 Å². The van der Waals surface area contributed by atoms with Crippen LogP contribution in [0.5, 0.6) is 0 Å². The third-order valence-electron chi connectivity index (χ3n) is 4.58. The van der Waals surface area contributed by atoms with Gasteiger partial charge in [-0.1, -0.05) is 6.92 Å². The van der Waals surface area contributed by atoms with Crippen molar-refractivity contribution in [3.63, 3.8) is 0 Å². The van der Waals surface area contributed by atoms with Crippen LogP contribution < -0.4 is 10.2 Å². The number of rotatable bonds is 3. The van der Waals surface area contributed by atoms with Crippen LogP contribution in [0, 0.1) is 12.8 Å². The summed E-state index contributed by atoms with van der Waals surface area (Å²) in [5.41, 5.74) is 2.71. The molecule has 2 heterocycles. The number of anilines is 1. The zero-order valence-corrected chi connectivity index (χ0v) is 14.5. The van der Waals surface area contributed by atoms with Gasteiger partial charge < -0.3 is 10.2 Å². The smallest absolute Gasteiger partial charge is 0.131 e. The molecule has 0 radical (unpaired) electrons. The van der Waals surface area contributed by atoms with E-state index in [9.17, 15) is 0 Å². The van der Waals surface area contributed by atoms with E-state index in [1.54, 1.807) is 0 Å². The van der Waals surface area contributed by atoms with Crippen molar-refractivity contribution in [3.05, 3.63) is 23.4 Å². The maximum atomic E-state index is 4.77. The second-order valence-electron chi connectivity index (χ2n) is 7.64. The summed E-state index contributed by atoms with van der Waals surface area (Å²) in [4.78, 5) is 7.26. The Bertz CT molecular complexity index is 476. The number of aromatic nitrogens is 1. The average Bonchev–Trinajstić information content (AvgIpc) is 2.39. The number of pyridine rings is 1. The number of hydrogen-bond donors (Lipinski definition) is 1. The molecule has 0 saturated carbocycles. The first kappa shape index (κ1) is 16.3. The zero-order valence-electron chi connectivity index (χ0n) is 14.5. The van der Waals surface area contributed by atoms with E-state index in [1.165, 1.54) is 29.8 Å². The standard InChI is InChI=1S/C18H31N3/c1-13-8-7-9-21(15(13)3)17-14(2)10-16(11-19-17)12-20-18(4,5)6/h10-11,13,15,20H,7-9,12H2,1-6H3. The number of aryl methyl sites for hydroxylation is 1. The van der Waals surface area contributed by atoms with E-state index in [1.807, 2.05) is 6.20 Å². The van der Waals surface area contributed by atoms with Crippen molar-refractivity contribution in [2.45, 2.75) is 72.5 Å². The van der Waals surface area contributed by atoms with Crippen molar-refractivity contribution in [3.8, 4) is 0 Å². The largest absolute Gasteiger partial charge is 0.353 e. The molecule has 0 aromatic carbocycles. The third kappa shape index (κ3) is 4.19. The highest BCUT2D eigenvalue weighted by molar-refractivity contribution is 5.48. The lowest BCUT2D eigenvalue weighted by Gasteiger charge is -2.39. The Morgan fingerprint density at radius 3 is 2.67 bits per heavy atom. The molecule has 0 spiro atoms. The molecule has 3 nitrogen and oxygen atoms in total. The summed E-state index contributed by atoms with van der Waals surface area (Å²) < 4.78 is 0. The molecule has 1 aromatic heterocycles. The van der Waals surface area contributed by atoms with Crippen molar-refractivity contribution in [1.29, 1.82) is 0 Å². The molecule has 0 amide bonds. The van der Waals surface area contributed by atoms with Crippen molar-refractivity contribution < 1.29 is 0 Å². The number of hydrogen-bond acceptors (Lipinski definition) is 3. The Labute approximate surface area is 130 Å². The Kier molecular flexibility index (Phi) is 4.92. The van der Waals surface area contributed by atoms with Gasteiger partial charge >= 0.3 is 0 Å². The van der Waals surface area contributed by atoms with Crippen LogP contribution in [0.4, 0.5) is 5.82 Å². The lowest BCUT2D eigenvalue weighted by atomic mass is 9.92. The van der Waals surface area contributed by atoms with Crippen LogP contribution in [0.2, 0.25) is 0 Å². The molecule has 3 heteroatoms. The molecule has 21 heavy (non-hydrogen) atoms. The maximum Gasteiger partial charge on any atom is 0.131 e. The Hall–Kier alpha value is -1.09. The zero-order chi connectivity index (χ0) is 15.6. The SMILES string of the molecule is Cc1cc(CNC(C)(C)C)cnc1N1CCCC(C)C1C. The molecule has 2 rings (SSSR count). The number of nitrogens with one attached hydrogen (secondary N) is 1. The van der Waals surface area contributed by atoms with Crippen LogP contribution in [0.15, 0.2) is 12.3 Å². The lowest BCUT2D eigenvalue weighted by Crippen LogP contribution is -2.43. The highest BCUT2D eigenvalue weighted by atomic mass is 15.2. The molecule has 1 aliphatic rings. The summed E-state index contributed by atoms with van der Waals surface area (Å²) in [6.07, 6.45) is 4.65. The summed E-state index contributed by atoms with van der Waals surface area (Å²) in [5.74, 6) is 1.93. The molecule has 1 N–H and O–H groups in total. The Balaban J connectivity index is 2.12. The molecule has 0 aliphatic carbocycles. The van der Waals surface area contributed by atoms with Gasteiger partial charge in [-0.25, -0.2) is 4.98 Å². The van der Waals surface area contributed by atoms with Gasteiger partial charge in [-0.05, 0) is 70.6 Å². The predicted octanol–water partition coefficient (Wildman–Crippen LogP) is 3.90. The first-order chi connectivity index (χ1) is 9.78. The highest BCUT2D eigenvalue weighted by Gasteiger charge is 2.26. The van der Waals surface area contributed by atoms with Crippen molar-refractivity contribution >= 4 is 5.82 Å². The minimum atomic E-state index is 0.142. The summed E-state index contributed by atoms with van der Waals surface area (Å²) in [6, 6.07) is 2.87. The van der Waals surface area contributed by atoms with Gasteiger partial charge in [0.05, 0.1) is 0 Å². The summed E-state index contributed by atoms with van der Waals surface area (Å²) in [6.45, 7) is 15.5. The van der Waals surface area contributed by atoms with Gasteiger partial charge in [0.1, 0.15) is 5.82 Å². The van der Waals surface area contributed by atoms with E-state index < -0.39 is 0 Å². The Morgan fingerprint density at radius 1 is 1.33 bits per heavy atom. The molecule has 2 unspecified atom stereocenters. The van der Waals surface area contributed by atoms with Crippen molar-refractivity contribution in [2.24, 2.45) is 5.92 Å². The summed E-state index contributed by atoms with van der Waals surface area (Å²) in [7, 11) is 0. The van der Waals surface area contributed by atoms with Gasteiger partial charge in [0.15, 0.2) is 0 Å². The van der Waals surface area contributed by atoms with Crippen LogP contribution in [-0.4, -0.2) is 23.1 Å². The van der Waals surface area contributed by atoms with E-state index in [-0.39, 0.29) is 5.54 Å². The van der Waals surface area contributed by atoms with Crippen LogP contribution in [0.3, 0.4) is 0 Å². The minimum absolute atomic E-state index is 0.142. The van der Waals surface area contributed by atoms with Crippen LogP contribution in [0.25, 0.3) is 0 Å². The van der Waals surface area contributed by atoms with Crippen molar-refractivity contribution in [1.82, 2.24) is 10.3 Å². The molecule has 1 aliphatic heterocycles. The van der Waals surface area contributed by atoms with Crippen molar-refractivity contribution in [2.75, 3.05) is 11.4 Å². The van der Waals surface area contributed by atoms with Gasteiger partial charge in [-0.3, -0.25) is 0 Å². The van der Waals surface area contributed by atoms with Crippen LogP contribution in [-0.2, 0) is 6.54 Å². The fourth-order valence-electron chi connectivity index (χ4n) is 3.02. The average molecular weight is 289 g/mol. The molecule has 1 saturated heterocycles. The summed E-state index contributed by atoms with van der Waals surface area (Å²) in [5, 5.41) is 3.53. The van der Waals surface area contributed by atoms with Crippen LogP contribution >= 0.6 is 0 Å². The fraction of sp³-hybridized carbons (Fsp3) is 0.722. The van der Waals surface area contributed by atoms with E-state index in [2.05, 4.69) is 57.8 Å². The number of nitrogens with zero attached hydrogens (tertiary/aromatic N) is 2. The van der Waals surface area contributed by atoms with E-state index in [0.29, 0.717) is 6.04 Å². The minimum Gasteiger partial charge on any atom is -0.353 e. The molecule has 118 valence electrons. The molecule has 0 bridgehead atoms. The quantitative estimate of drug-likeness (QED) is 0.914. The van der Waals surface area contributed by atoms with Gasteiger partial charge in [-0.2, -0.15) is 0 Å². The molecule has 2 atom stereocenters. The molecular formula is C18H31N3. The van der Waals surface area contributed by atoms with E-state index in [4.69, 9.17) is 4.98 Å². The first-order valence-corrected chi connectivity index (χ1v) is 8.25.